The molecule has 0 aliphatic heterocycles. The van der Waals surface area contributed by atoms with Crippen LogP contribution in [0.3, 0.4) is 0 Å². The number of hydrogen-bond donors (Lipinski definition) is 0. The normalized spacial score (nSPS) is 11.1. The van der Waals surface area contributed by atoms with Crippen LogP contribution < -0.4 is 4.74 Å². The van der Waals surface area contributed by atoms with Crippen LogP contribution in [0.2, 0.25) is 10.0 Å². The number of halogens is 2. The summed E-state index contributed by atoms with van der Waals surface area (Å²) < 4.78 is 16.8. The fourth-order valence-electron chi connectivity index (χ4n) is 4.82. The van der Waals surface area contributed by atoms with Crippen LogP contribution in [0.15, 0.2) is 83.4 Å². The largest absolute Gasteiger partial charge is 0.489 e. The van der Waals surface area contributed by atoms with Gasteiger partial charge in [0.25, 0.3) is 0 Å². The molecule has 40 heavy (non-hydrogen) atoms. The predicted molar refractivity (Wildman–Crippen MR) is 159 cm³/mol. The van der Waals surface area contributed by atoms with Crippen molar-refractivity contribution in [3.8, 4) is 16.9 Å². The third-order valence-electron chi connectivity index (χ3n) is 6.96. The van der Waals surface area contributed by atoms with Crippen molar-refractivity contribution >= 4 is 39.9 Å². The fraction of sp³-hybridized carbons (Fsp3) is 0.212. The van der Waals surface area contributed by atoms with E-state index >= 15 is 0 Å². The van der Waals surface area contributed by atoms with E-state index in [0.717, 1.165) is 63.1 Å². The van der Waals surface area contributed by atoms with Crippen LogP contribution in [0.5, 0.6) is 5.75 Å². The summed E-state index contributed by atoms with van der Waals surface area (Å²) in [5.41, 5.74) is 5.29. The van der Waals surface area contributed by atoms with Gasteiger partial charge in [-0.1, -0.05) is 77.7 Å². The summed E-state index contributed by atoms with van der Waals surface area (Å²) in [4.78, 5) is 12.3. The molecule has 1 aromatic heterocycles. The second-order valence-electron chi connectivity index (χ2n) is 9.53. The van der Waals surface area contributed by atoms with Gasteiger partial charge in [0.05, 0.1) is 23.9 Å². The smallest absolute Gasteiger partial charge is 0.338 e. The maximum Gasteiger partial charge on any atom is 0.338 e. The molecule has 0 saturated carbocycles. The van der Waals surface area contributed by atoms with E-state index in [0.29, 0.717) is 35.1 Å². The first kappa shape index (κ1) is 27.8. The number of methoxy groups -OCH3 is 1. The van der Waals surface area contributed by atoms with Crippen molar-refractivity contribution in [3.63, 3.8) is 0 Å². The minimum Gasteiger partial charge on any atom is -0.489 e. The summed E-state index contributed by atoms with van der Waals surface area (Å²) in [6.07, 6.45) is 3.02. The quantitative estimate of drug-likeness (QED) is 0.156. The Hall–Kier alpha value is -3.80. The number of aromatic nitrogens is 1. The van der Waals surface area contributed by atoms with Gasteiger partial charge in [0.15, 0.2) is 0 Å². The van der Waals surface area contributed by atoms with Crippen molar-refractivity contribution < 1.29 is 18.8 Å². The summed E-state index contributed by atoms with van der Waals surface area (Å²) in [6, 6.07) is 25.2. The second-order valence-corrected chi connectivity index (χ2v) is 10.3. The van der Waals surface area contributed by atoms with Gasteiger partial charge in [0.2, 0.25) is 0 Å². The summed E-state index contributed by atoms with van der Waals surface area (Å²) in [5, 5.41) is 7.49. The van der Waals surface area contributed by atoms with Gasteiger partial charge in [-0.15, -0.1) is 0 Å². The van der Waals surface area contributed by atoms with Gasteiger partial charge in [0, 0.05) is 16.5 Å². The molecule has 0 saturated heterocycles. The van der Waals surface area contributed by atoms with Gasteiger partial charge in [-0.3, -0.25) is 0 Å². The Kier molecular flexibility index (Phi) is 8.73. The lowest BCUT2D eigenvalue weighted by Gasteiger charge is -2.11. The topological polar surface area (TPSA) is 61.6 Å². The lowest BCUT2D eigenvalue weighted by atomic mass is 9.98. The first-order chi connectivity index (χ1) is 19.5. The van der Waals surface area contributed by atoms with Crippen molar-refractivity contribution in [2.75, 3.05) is 7.11 Å². The van der Waals surface area contributed by atoms with E-state index in [1.165, 1.54) is 7.11 Å². The summed E-state index contributed by atoms with van der Waals surface area (Å²) >= 11 is 12.7. The van der Waals surface area contributed by atoms with Crippen molar-refractivity contribution in [1.29, 1.82) is 0 Å². The summed E-state index contributed by atoms with van der Waals surface area (Å²) in [6.45, 7) is 2.46. The molecule has 5 rings (SSSR count). The predicted octanol–water partition coefficient (Wildman–Crippen LogP) is 8.90. The van der Waals surface area contributed by atoms with Crippen molar-refractivity contribution in [2.45, 2.75) is 39.2 Å². The van der Waals surface area contributed by atoms with E-state index in [1.807, 2.05) is 72.8 Å². The van der Waals surface area contributed by atoms with E-state index in [-0.39, 0.29) is 5.97 Å². The number of benzene rings is 4. The van der Waals surface area contributed by atoms with Crippen LogP contribution in [-0.2, 0) is 30.6 Å². The Bertz CT molecular complexity index is 1620. The van der Waals surface area contributed by atoms with Crippen LogP contribution in [0, 0.1) is 0 Å². The molecule has 5 nitrogen and oxygen atoms in total. The van der Waals surface area contributed by atoms with E-state index in [1.54, 1.807) is 6.07 Å². The highest BCUT2D eigenvalue weighted by Gasteiger charge is 2.18. The molecule has 0 atom stereocenters. The Morgan fingerprint density at radius 2 is 1.57 bits per heavy atom. The first-order valence-corrected chi connectivity index (χ1v) is 14.0. The lowest BCUT2D eigenvalue weighted by Crippen LogP contribution is -2.03. The highest BCUT2D eigenvalue weighted by Crippen LogP contribution is 2.30. The molecule has 0 aliphatic carbocycles. The van der Waals surface area contributed by atoms with Gasteiger partial charge in [-0.2, -0.15) is 0 Å². The SMILES string of the molecule is CCCc1onc(CCc2c(Cl)cccc2Cl)c1COc1ccc(-c2ccc3cccc(C(=O)OC)c3c2)cc1. The molecular weight excluding hydrogens is 545 g/mol. The van der Waals surface area contributed by atoms with Crippen LogP contribution in [-0.4, -0.2) is 18.2 Å². The first-order valence-electron chi connectivity index (χ1n) is 13.2. The number of nitrogens with zero attached hydrogens (tertiary/aromatic N) is 1. The molecule has 0 radical (unpaired) electrons. The highest BCUT2D eigenvalue weighted by atomic mass is 35.5. The minimum atomic E-state index is -0.350. The molecule has 7 heteroatoms. The molecule has 1 heterocycles. The summed E-state index contributed by atoms with van der Waals surface area (Å²) in [5.74, 6) is 1.23. The van der Waals surface area contributed by atoms with Gasteiger partial charge < -0.3 is 14.0 Å². The number of fused-ring (bicyclic) bond motifs is 1. The average molecular weight is 575 g/mol. The molecule has 0 aliphatic rings. The van der Waals surface area contributed by atoms with Crippen molar-refractivity contribution in [2.24, 2.45) is 0 Å². The number of carbonyl (C=O) groups excluding carboxylic acids is 1. The zero-order valence-electron chi connectivity index (χ0n) is 22.4. The Morgan fingerprint density at radius 1 is 0.850 bits per heavy atom. The third kappa shape index (κ3) is 6.01. The van der Waals surface area contributed by atoms with Gasteiger partial charge >= 0.3 is 5.97 Å². The Labute approximate surface area is 243 Å². The van der Waals surface area contributed by atoms with E-state index in [9.17, 15) is 4.79 Å². The molecule has 0 N–H and O–H groups in total. The molecule has 0 fully saturated rings. The number of aryl methyl sites for hydroxylation is 2. The maximum atomic E-state index is 12.3. The number of hydrogen-bond acceptors (Lipinski definition) is 5. The zero-order valence-corrected chi connectivity index (χ0v) is 23.9. The third-order valence-corrected chi connectivity index (χ3v) is 7.67. The molecule has 0 unspecified atom stereocenters. The molecule has 0 amide bonds. The number of rotatable bonds is 10. The fourth-order valence-corrected chi connectivity index (χ4v) is 5.41. The molecule has 204 valence electrons. The number of esters is 1. The van der Waals surface area contributed by atoms with Crippen LogP contribution in [0.4, 0.5) is 0 Å². The standard InChI is InChI=1S/C33H29Cl2NO4/c1-3-6-32-28(31(36-40-32)18-17-26-29(34)9-5-10-30(26)35)20-39-24-15-13-21(14-16-24)23-12-11-22-7-4-8-25(27(22)19-23)33(37)38-2/h4-5,7-16,19H,3,6,17-18,20H2,1-2H3. The van der Waals surface area contributed by atoms with Crippen LogP contribution in [0.25, 0.3) is 21.9 Å². The zero-order chi connectivity index (χ0) is 28.1. The molecule has 4 aromatic carbocycles. The summed E-state index contributed by atoms with van der Waals surface area (Å²) in [7, 11) is 1.39. The van der Waals surface area contributed by atoms with Gasteiger partial charge in [0.1, 0.15) is 18.1 Å². The molecular formula is C33H29Cl2NO4. The minimum absolute atomic E-state index is 0.349. The lowest BCUT2D eigenvalue weighted by molar-refractivity contribution is 0.0603. The van der Waals surface area contributed by atoms with Crippen molar-refractivity contribution in [1.82, 2.24) is 5.16 Å². The van der Waals surface area contributed by atoms with E-state index < -0.39 is 0 Å². The highest BCUT2D eigenvalue weighted by molar-refractivity contribution is 6.36. The number of ether oxygens (including phenoxy) is 2. The number of carbonyl (C=O) groups is 1. The Morgan fingerprint density at radius 3 is 2.30 bits per heavy atom. The maximum absolute atomic E-state index is 12.3. The monoisotopic (exact) mass is 573 g/mol. The Balaban J connectivity index is 1.32. The molecule has 5 aromatic rings. The van der Waals surface area contributed by atoms with Crippen molar-refractivity contribution in [3.05, 3.63) is 117 Å². The van der Waals surface area contributed by atoms with Crippen LogP contribution in [0.1, 0.15) is 46.3 Å². The van der Waals surface area contributed by atoms with E-state index in [2.05, 4.69) is 12.1 Å². The van der Waals surface area contributed by atoms with Crippen LogP contribution >= 0.6 is 23.2 Å². The second kappa shape index (κ2) is 12.6. The van der Waals surface area contributed by atoms with E-state index in [4.69, 9.17) is 37.2 Å². The van der Waals surface area contributed by atoms with Gasteiger partial charge in [-0.25, -0.2) is 4.79 Å². The molecule has 0 bridgehead atoms. The average Bonchev–Trinajstić information content (AvgIpc) is 3.36. The molecule has 0 spiro atoms. The van der Waals surface area contributed by atoms with Gasteiger partial charge in [-0.05, 0) is 83.1 Å².